The Balaban J connectivity index is 0.000000291. The van der Waals surface area contributed by atoms with E-state index >= 15 is 0 Å². The summed E-state index contributed by atoms with van der Waals surface area (Å²) in [6, 6.07) is 0. The summed E-state index contributed by atoms with van der Waals surface area (Å²) in [6.45, 7) is 8.25. The highest BCUT2D eigenvalue weighted by atomic mass is 16.8. The molecule has 21 heavy (non-hydrogen) atoms. The maximum absolute atomic E-state index is 11.2. The third-order valence-electron chi connectivity index (χ3n) is 3.95. The van der Waals surface area contributed by atoms with Gasteiger partial charge < -0.3 is 18.9 Å². The van der Waals surface area contributed by atoms with Crippen LogP contribution in [0.25, 0.3) is 0 Å². The molecule has 0 radical (unpaired) electrons. The monoisotopic (exact) mass is 300 g/mol. The largest absolute Gasteiger partial charge is 0.456 e. The average Bonchev–Trinajstić information content (AvgIpc) is 3.18. The number of esters is 1. The molecule has 1 aliphatic carbocycles. The van der Waals surface area contributed by atoms with Crippen LogP contribution < -0.4 is 0 Å². The van der Waals surface area contributed by atoms with E-state index < -0.39 is 5.79 Å². The molecule has 3 saturated heterocycles. The van der Waals surface area contributed by atoms with Crippen LogP contribution in [0.2, 0.25) is 0 Å². The Morgan fingerprint density at radius 1 is 1.10 bits per heavy atom. The zero-order valence-electron chi connectivity index (χ0n) is 13.6. The predicted molar refractivity (Wildman–Crippen MR) is 77.6 cm³/mol. The first kappa shape index (κ1) is 16.7. The predicted octanol–water partition coefficient (Wildman–Crippen LogP) is 3.16. The summed E-state index contributed by atoms with van der Waals surface area (Å²) >= 11 is 0. The Morgan fingerprint density at radius 3 is 2.33 bits per heavy atom. The Hall–Kier alpha value is -0.650. The Labute approximate surface area is 127 Å². The van der Waals surface area contributed by atoms with Crippen molar-refractivity contribution in [3.05, 3.63) is 0 Å². The SMILES string of the molecule is CC.CCC.O=C1CC2OC3OC4(CCCC4)OC3C2O1. The van der Waals surface area contributed by atoms with E-state index in [0.29, 0.717) is 6.42 Å². The second kappa shape index (κ2) is 7.07. The van der Waals surface area contributed by atoms with Gasteiger partial charge in [-0.3, -0.25) is 4.79 Å². The summed E-state index contributed by atoms with van der Waals surface area (Å²) in [5.41, 5.74) is 0. The topological polar surface area (TPSA) is 54.0 Å². The fraction of sp³-hybridized carbons (Fsp3) is 0.938. The summed E-state index contributed by atoms with van der Waals surface area (Å²) in [5, 5.41) is 0. The molecule has 5 heteroatoms. The van der Waals surface area contributed by atoms with Gasteiger partial charge in [0.2, 0.25) is 0 Å². The van der Waals surface area contributed by atoms with E-state index in [4.69, 9.17) is 18.9 Å². The van der Waals surface area contributed by atoms with Gasteiger partial charge in [0, 0.05) is 12.8 Å². The zero-order valence-corrected chi connectivity index (χ0v) is 13.6. The van der Waals surface area contributed by atoms with Gasteiger partial charge in [0.15, 0.2) is 24.3 Å². The van der Waals surface area contributed by atoms with E-state index in [2.05, 4.69) is 13.8 Å². The molecule has 4 unspecified atom stereocenters. The van der Waals surface area contributed by atoms with Crippen molar-refractivity contribution in [1.82, 2.24) is 0 Å². The average molecular weight is 300 g/mol. The third kappa shape index (κ3) is 3.25. The van der Waals surface area contributed by atoms with Gasteiger partial charge in [0.25, 0.3) is 0 Å². The van der Waals surface area contributed by atoms with E-state index in [0.717, 1.165) is 25.7 Å². The minimum absolute atomic E-state index is 0.166. The lowest BCUT2D eigenvalue weighted by Gasteiger charge is -2.24. The molecule has 0 aromatic carbocycles. The summed E-state index contributed by atoms with van der Waals surface area (Å²) < 4.78 is 22.7. The smallest absolute Gasteiger partial charge is 0.309 e. The Bertz CT molecular complexity index is 351. The van der Waals surface area contributed by atoms with Crippen LogP contribution >= 0.6 is 0 Å². The molecular weight excluding hydrogens is 272 g/mol. The second-order valence-corrected chi connectivity index (χ2v) is 5.73. The molecule has 4 fully saturated rings. The quantitative estimate of drug-likeness (QED) is 0.643. The highest BCUT2D eigenvalue weighted by molar-refractivity contribution is 5.73. The van der Waals surface area contributed by atoms with Gasteiger partial charge in [-0.1, -0.05) is 34.1 Å². The van der Waals surface area contributed by atoms with Crippen LogP contribution in [0, 0.1) is 0 Å². The molecule has 122 valence electrons. The lowest BCUT2D eigenvalue weighted by atomic mass is 10.1. The molecule has 5 nitrogen and oxygen atoms in total. The van der Waals surface area contributed by atoms with Crippen molar-refractivity contribution in [1.29, 1.82) is 0 Å². The summed E-state index contributed by atoms with van der Waals surface area (Å²) in [4.78, 5) is 11.2. The highest BCUT2D eigenvalue weighted by Crippen LogP contribution is 2.48. The maximum Gasteiger partial charge on any atom is 0.309 e. The summed E-state index contributed by atoms with van der Waals surface area (Å²) in [7, 11) is 0. The van der Waals surface area contributed by atoms with Gasteiger partial charge in [-0.25, -0.2) is 0 Å². The number of rotatable bonds is 0. The fourth-order valence-corrected chi connectivity index (χ4v) is 3.22. The Kier molecular flexibility index (Phi) is 5.63. The van der Waals surface area contributed by atoms with E-state index in [1.165, 1.54) is 6.42 Å². The van der Waals surface area contributed by atoms with Crippen molar-refractivity contribution >= 4 is 5.97 Å². The molecule has 0 aromatic heterocycles. The molecule has 1 saturated carbocycles. The van der Waals surface area contributed by atoms with Crippen molar-refractivity contribution in [3.8, 4) is 0 Å². The molecule has 0 aromatic rings. The number of ether oxygens (including phenoxy) is 4. The minimum Gasteiger partial charge on any atom is -0.456 e. The van der Waals surface area contributed by atoms with Crippen molar-refractivity contribution in [2.75, 3.05) is 0 Å². The lowest BCUT2D eigenvalue weighted by Crippen LogP contribution is -2.34. The molecule has 4 rings (SSSR count). The third-order valence-corrected chi connectivity index (χ3v) is 3.95. The standard InChI is InChI=1S/C11H14O5.C3H8.C2H6/c12-7-5-6-8(14-7)9-10(13-6)16-11(15-9)3-1-2-4-11;1-3-2;1-2/h6,8-10H,1-5H2;3H2,1-2H3;1-2H3. The van der Waals surface area contributed by atoms with Crippen molar-refractivity contribution < 1.29 is 23.7 Å². The van der Waals surface area contributed by atoms with E-state index in [1.54, 1.807) is 0 Å². The second-order valence-electron chi connectivity index (χ2n) is 5.73. The van der Waals surface area contributed by atoms with E-state index in [1.807, 2.05) is 13.8 Å². The van der Waals surface area contributed by atoms with Gasteiger partial charge in [-0.15, -0.1) is 0 Å². The van der Waals surface area contributed by atoms with Gasteiger partial charge in [0.05, 0.1) is 6.42 Å². The number of fused-ring (bicyclic) bond motifs is 3. The van der Waals surface area contributed by atoms with E-state index in [-0.39, 0.29) is 30.6 Å². The molecule has 0 bridgehead atoms. The van der Waals surface area contributed by atoms with Crippen molar-refractivity contribution in [2.45, 2.75) is 96.6 Å². The zero-order chi connectivity index (χ0) is 15.5. The van der Waals surface area contributed by atoms with Crippen molar-refractivity contribution in [2.24, 2.45) is 0 Å². The van der Waals surface area contributed by atoms with Crippen LogP contribution in [0.4, 0.5) is 0 Å². The molecule has 4 atom stereocenters. The highest BCUT2D eigenvalue weighted by Gasteiger charge is 2.61. The van der Waals surface area contributed by atoms with Gasteiger partial charge >= 0.3 is 5.97 Å². The van der Waals surface area contributed by atoms with Crippen LogP contribution in [0.5, 0.6) is 0 Å². The van der Waals surface area contributed by atoms with Crippen LogP contribution in [-0.4, -0.2) is 36.4 Å². The molecule has 0 amide bonds. The van der Waals surface area contributed by atoms with Gasteiger partial charge in [0.1, 0.15) is 6.10 Å². The van der Waals surface area contributed by atoms with Crippen molar-refractivity contribution in [3.63, 3.8) is 0 Å². The van der Waals surface area contributed by atoms with Crippen LogP contribution in [0.3, 0.4) is 0 Å². The van der Waals surface area contributed by atoms with E-state index in [9.17, 15) is 4.79 Å². The molecule has 3 heterocycles. The van der Waals surface area contributed by atoms with Crippen LogP contribution in [0.15, 0.2) is 0 Å². The molecular formula is C16H28O5. The van der Waals surface area contributed by atoms with Crippen LogP contribution in [0.1, 0.15) is 66.2 Å². The first-order valence-corrected chi connectivity index (χ1v) is 8.38. The molecule has 3 aliphatic heterocycles. The maximum atomic E-state index is 11.2. The normalized spacial score (nSPS) is 38.0. The Morgan fingerprint density at radius 2 is 1.71 bits per heavy atom. The lowest BCUT2D eigenvalue weighted by molar-refractivity contribution is -0.224. The first-order valence-electron chi connectivity index (χ1n) is 8.38. The number of carbonyl (C=O) groups excluding carboxylic acids is 1. The number of hydrogen-bond donors (Lipinski definition) is 0. The van der Waals surface area contributed by atoms with Gasteiger partial charge in [-0.2, -0.15) is 0 Å². The number of carbonyl (C=O) groups is 1. The first-order chi connectivity index (χ1) is 10.2. The molecule has 1 spiro atoms. The van der Waals surface area contributed by atoms with Crippen LogP contribution in [-0.2, 0) is 23.7 Å². The van der Waals surface area contributed by atoms with Gasteiger partial charge in [-0.05, 0) is 12.8 Å². The minimum atomic E-state index is -0.449. The summed E-state index contributed by atoms with van der Waals surface area (Å²) in [6.07, 6.45) is 4.73. The summed E-state index contributed by atoms with van der Waals surface area (Å²) in [5.74, 6) is -0.639. The molecule has 4 aliphatic rings. The number of hydrogen-bond acceptors (Lipinski definition) is 5. The molecule has 0 N–H and O–H groups in total. The fourth-order valence-electron chi connectivity index (χ4n) is 3.22.